The van der Waals surface area contributed by atoms with E-state index in [2.05, 4.69) is 26.2 Å². The van der Waals surface area contributed by atoms with Crippen LogP contribution in [-0.2, 0) is 4.79 Å². The van der Waals surface area contributed by atoms with Gasteiger partial charge >= 0.3 is 0 Å². The van der Waals surface area contributed by atoms with Crippen LogP contribution in [0.15, 0.2) is 46.9 Å². The van der Waals surface area contributed by atoms with Gasteiger partial charge in [-0.25, -0.2) is 4.98 Å². The zero-order valence-corrected chi connectivity index (χ0v) is 17.5. The molecule has 1 aromatic heterocycles. The summed E-state index contributed by atoms with van der Waals surface area (Å²) < 4.78 is 6.46. The quantitative estimate of drug-likeness (QED) is 0.406. The molecule has 3 aromatic rings. The average molecular weight is 462 g/mol. The summed E-state index contributed by atoms with van der Waals surface area (Å²) in [6.07, 6.45) is 0. The van der Waals surface area contributed by atoms with E-state index in [1.54, 1.807) is 6.92 Å². The summed E-state index contributed by atoms with van der Waals surface area (Å²) in [5.41, 5.74) is 2.35. The van der Waals surface area contributed by atoms with Crippen LogP contribution in [0.25, 0.3) is 11.3 Å². The molecule has 0 bridgehead atoms. The van der Waals surface area contributed by atoms with Crippen LogP contribution in [-0.4, -0.2) is 22.4 Å². The summed E-state index contributed by atoms with van der Waals surface area (Å²) in [7, 11) is 0. The predicted molar refractivity (Wildman–Crippen MR) is 112 cm³/mol. The first kappa shape index (κ1) is 20.0. The number of amides is 1. The molecule has 1 N–H and O–H groups in total. The number of hydrogen-bond donors (Lipinski definition) is 1. The zero-order valence-electron chi connectivity index (χ0n) is 15.1. The standard InChI is InChI=1S/C19H16BrN3O4S/c1-11-9-15(23(25)26)7-8-16(11)27-10-17(24)21-19-22-18(12(2)28-19)13-3-5-14(20)6-4-13/h3-9H,10H2,1-2H3,(H,21,22,24). The maximum Gasteiger partial charge on any atom is 0.269 e. The SMILES string of the molecule is Cc1cc([N+](=O)[O-])ccc1OCC(=O)Nc1nc(-c2ccc(Br)cc2)c(C)s1. The third-order valence-corrected chi connectivity index (χ3v) is 5.30. The second kappa shape index (κ2) is 8.49. The fourth-order valence-corrected chi connectivity index (χ4v) is 3.65. The number of nitro groups is 1. The molecule has 2 aromatic carbocycles. The van der Waals surface area contributed by atoms with Gasteiger partial charge in [-0.05, 0) is 37.6 Å². The number of nitrogens with zero attached hydrogens (tertiary/aromatic N) is 2. The maximum atomic E-state index is 12.2. The number of non-ortho nitro benzene ring substituents is 1. The predicted octanol–water partition coefficient (Wildman–Crippen LogP) is 5.12. The van der Waals surface area contributed by atoms with Crippen LogP contribution in [0.3, 0.4) is 0 Å². The molecule has 1 heterocycles. The Hall–Kier alpha value is -2.78. The van der Waals surface area contributed by atoms with Gasteiger partial charge < -0.3 is 4.74 Å². The number of carbonyl (C=O) groups excluding carboxylic acids is 1. The number of anilines is 1. The number of nitro benzene ring substituents is 1. The highest BCUT2D eigenvalue weighted by atomic mass is 79.9. The molecular weight excluding hydrogens is 446 g/mol. The second-order valence-corrected chi connectivity index (χ2v) is 8.09. The lowest BCUT2D eigenvalue weighted by Gasteiger charge is -2.08. The molecule has 0 saturated heterocycles. The number of nitrogens with one attached hydrogen (secondary N) is 1. The van der Waals surface area contributed by atoms with Gasteiger partial charge in [0, 0.05) is 27.0 Å². The van der Waals surface area contributed by atoms with Gasteiger partial charge in [-0.3, -0.25) is 20.2 Å². The fourth-order valence-electron chi connectivity index (χ4n) is 2.53. The van der Waals surface area contributed by atoms with E-state index in [4.69, 9.17) is 4.74 Å². The van der Waals surface area contributed by atoms with Gasteiger partial charge in [0.1, 0.15) is 5.75 Å². The van der Waals surface area contributed by atoms with Crippen LogP contribution < -0.4 is 10.1 Å². The fraction of sp³-hybridized carbons (Fsp3) is 0.158. The second-order valence-electron chi connectivity index (χ2n) is 5.97. The number of halogens is 1. The van der Waals surface area contributed by atoms with E-state index in [9.17, 15) is 14.9 Å². The van der Waals surface area contributed by atoms with E-state index >= 15 is 0 Å². The molecule has 0 atom stereocenters. The molecule has 0 unspecified atom stereocenters. The lowest BCUT2D eigenvalue weighted by atomic mass is 10.1. The normalized spacial score (nSPS) is 10.5. The molecule has 0 radical (unpaired) electrons. The van der Waals surface area contributed by atoms with Crippen molar-refractivity contribution in [3.63, 3.8) is 0 Å². The Morgan fingerprint density at radius 1 is 1.25 bits per heavy atom. The minimum atomic E-state index is -0.475. The Morgan fingerprint density at radius 3 is 2.61 bits per heavy atom. The number of hydrogen-bond acceptors (Lipinski definition) is 6. The summed E-state index contributed by atoms with van der Waals surface area (Å²) in [5.74, 6) is 0.0699. The molecular formula is C19H16BrN3O4S. The largest absolute Gasteiger partial charge is 0.483 e. The van der Waals surface area contributed by atoms with Crippen molar-refractivity contribution in [2.75, 3.05) is 11.9 Å². The smallest absolute Gasteiger partial charge is 0.269 e. The minimum absolute atomic E-state index is 0.0203. The topological polar surface area (TPSA) is 94.4 Å². The molecule has 3 rings (SSSR count). The Kier molecular flexibility index (Phi) is 6.05. The summed E-state index contributed by atoms with van der Waals surface area (Å²) in [6, 6.07) is 12.0. The third kappa shape index (κ3) is 4.73. The molecule has 0 spiro atoms. The highest BCUT2D eigenvalue weighted by molar-refractivity contribution is 9.10. The van der Waals surface area contributed by atoms with E-state index in [0.29, 0.717) is 16.4 Å². The van der Waals surface area contributed by atoms with E-state index in [0.717, 1.165) is 20.6 Å². The number of carbonyl (C=O) groups is 1. The first-order valence-corrected chi connectivity index (χ1v) is 9.85. The van der Waals surface area contributed by atoms with Gasteiger partial charge in [-0.2, -0.15) is 0 Å². The van der Waals surface area contributed by atoms with Crippen molar-refractivity contribution in [2.45, 2.75) is 13.8 Å². The van der Waals surface area contributed by atoms with E-state index in [1.807, 2.05) is 31.2 Å². The van der Waals surface area contributed by atoms with Crippen LogP contribution in [0.1, 0.15) is 10.4 Å². The number of ether oxygens (including phenoxy) is 1. The Labute approximate surface area is 173 Å². The zero-order chi connectivity index (χ0) is 20.3. The summed E-state index contributed by atoms with van der Waals surface area (Å²) >= 11 is 4.79. The average Bonchev–Trinajstić information content (AvgIpc) is 3.01. The van der Waals surface area contributed by atoms with Gasteiger partial charge in [-0.1, -0.05) is 28.1 Å². The van der Waals surface area contributed by atoms with Gasteiger partial charge in [-0.15, -0.1) is 11.3 Å². The molecule has 7 nitrogen and oxygen atoms in total. The summed E-state index contributed by atoms with van der Waals surface area (Å²) in [4.78, 5) is 28.0. The van der Waals surface area contributed by atoms with Crippen LogP contribution in [0.2, 0.25) is 0 Å². The van der Waals surface area contributed by atoms with Crippen molar-refractivity contribution >= 4 is 44.0 Å². The van der Waals surface area contributed by atoms with Gasteiger partial charge in [0.05, 0.1) is 10.6 Å². The Balaban J connectivity index is 1.63. The van der Waals surface area contributed by atoms with Crippen molar-refractivity contribution in [1.82, 2.24) is 4.98 Å². The van der Waals surface area contributed by atoms with Crippen molar-refractivity contribution in [3.05, 3.63) is 67.5 Å². The van der Waals surface area contributed by atoms with Crippen molar-refractivity contribution < 1.29 is 14.5 Å². The highest BCUT2D eigenvalue weighted by Crippen LogP contribution is 2.31. The molecule has 0 aliphatic carbocycles. The Bertz CT molecular complexity index is 1030. The lowest BCUT2D eigenvalue weighted by molar-refractivity contribution is -0.384. The van der Waals surface area contributed by atoms with Crippen molar-refractivity contribution in [2.24, 2.45) is 0 Å². The Morgan fingerprint density at radius 2 is 1.96 bits per heavy atom. The van der Waals surface area contributed by atoms with E-state index in [1.165, 1.54) is 29.5 Å². The van der Waals surface area contributed by atoms with Gasteiger partial charge in [0.25, 0.3) is 11.6 Å². The maximum absolute atomic E-state index is 12.2. The molecule has 1 amide bonds. The molecule has 0 fully saturated rings. The molecule has 9 heteroatoms. The van der Waals surface area contributed by atoms with Crippen LogP contribution in [0, 0.1) is 24.0 Å². The molecule has 0 saturated carbocycles. The van der Waals surface area contributed by atoms with Crippen LogP contribution >= 0.6 is 27.3 Å². The van der Waals surface area contributed by atoms with Crippen LogP contribution in [0.4, 0.5) is 10.8 Å². The van der Waals surface area contributed by atoms with Gasteiger partial charge in [0.15, 0.2) is 11.7 Å². The van der Waals surface area contributed by atoms with Gasteiger partial charge in [0.2, 0.25) is 0 Å². The first-order chi connectivity index (χ1) is 13.3. The molecule has 0 aliphatic heterocycles. The molecule has 0 aliphatic rings. The number of rotatable bonds is 6. The van der Waals surface area contributed by atoms with Crippen molar-refractivity contribution in [1.29, 1.82) is 0 Å². The van der Waals surface area contributed by atoms with Crippen molar-refractivity contribution in [3.8, 4) is 17.0 Å². The van der Waals surface area contributed by atoms with Crippen LogP contribution in [0.5, 0.6) is 5.75 Å². The van der Waals surface area contributed by atoms with E-state index in [-0.39, 0.29) is 18.2 Å². The monoisotopic (exact) mass is 461 g/mol. The summed E-state index contributed by atoms with van der Waals surface area (Å²) in [5, 5.41) is 14.0. The number of benzene rings is 2. The minimum Gasteiger partial charge on any atom is -0.483 e. The molecule has 28 heavy (non-hydrogen) atoms. The first-order valence-electron chi connectivity index (χ1n) is 8.24. The number of thiazole rings is 1. The van der Waals surface area contributed by atoms with E-state index < -0.39 is 4.92 Å². The summed E-state index contributed by atoms with van der Waals surface area (Å²) in [6.45, 7) is 3.42. The lowest BCUT2D eigenvalue weighted by Crippen LogP contribution is -2.20. The third-order valence-electron chi connectivity index (χ3n) is 3.89. The highest BCUT2D eigenvalue weighted by Gasteiger charge is 2.14. The molecule has 144 valence electrons. The number of aromatic nitrogens is 1. The number of aryl methyl sites for hydroxylation is 2.